The zero-order valence-electron chi connectivity index (χ0n) is 8.78. The van der Waals surface area contributed by atoms with Crippen LogP contribution in [0.15, 0.2) is 24.3 Å². The van der Waals surface area contributed by atoms with Gasteiger partial charge in [0.1, 0.15) is 0 Å². The van der Waals surface area contributed by atoms with E-state index in [4.69, 9.17) is 0 Å². The van der Waals surface area contributed by atoms with E-state index in [2.05, 4.69) is 0 Å². The van der Waals surface area contributed by atoms with Gasteiger partial charge in [-0.2, -0.15) is 0 Å². The highest BCUT2D eigenvalue weighted by Gasteiger charge is 2.02. The fraction of sp³-hybridized carbons (Fsp3) is 0.364. The normalized spacial score (nSPS) is 9.07. The summed E-state index contributed by atoms with van der Waals surface area (Å²) < 4.78 is 0. The number of halogens is 1. The Morgan fingerprint density at radius 1 is 1.21 bits per heavy atom. The van der Waals surface area contributed by atoms with Crippen LogP contribution in [0.2, 0.25) is 0 Å². The van der Waals surface area contributed by atoms with Crippen LogP contribution < -0.4 is 4.90 Å². The maximum absolute atomic E-state index is 11.3. The number of carbonyl (C=O) groups excluding carboxylic acids is 1. The van der Waals surface area contributed by atoms with Gasteiger partial charge in [-0.3, -0.25) is 4.79 Å². The smallest absolute Gasteiger partial charge is 0.162 e. The quantitative estimate of drug-likeness (QED) is 0.720. The summed E-state index contributed by atoms with van der Waals surface area (Å²) in [4.78, 5) is 13.3. The number of Topliss-reactive ketones (excluding diaryl/α,β-unsaturated/α-hetero) is 1. The summed E-state index contributed by atoms with van der Waals surface area (Å²) in [5.41, 5.74) is 1.92. The second kappa shape index (κ2) is 5.66. The van der Waals surface area contributed by atoms with Crippen LogP contribution in [0, 0.1) is 0 Å². The van der Waals surface area contributed by atoms with Crippen molar-refractivity contribution in [1.82, 2.24) is 0 Å². The van der Waals surface area contributed by atoms with Crippen LogP contribution in [0.4, 0.5) is 5.69 Å². The lowest BCUT2D eigenvalue weighted by Gasteiger charge is -2.12. The lowest BCUT2D eigenvalue weighted by atomic mass is 10.1. The van der Waals surface area contributed by atoms with Gasteiger partial charge in [0.2, 0.25) is 0 Å². The number of benzene rings is 1. The molecule has 1 rings (SSSR count). The van der Waals surface area contributed by atoms with Gasteiger partial charge in [-0.15, -0.1) is 12.4 Å². The van der Waals surface area contributed by atoms with Crippen LogP contribution >= 0.6 is 12.4 Å². The first-order valence-corrected chi connectivity index (χ1v) is 4.45. The topological polar surface area (TPSA) is 20.3 Å². The minimum Gasteiger partial charge on any atom is -0.378 e. The predicted molar refractivity (Wildman–Crippen MR) is 62.6 cm³/mol. The van der Waals surface area contributed by atoms with Crippen LogP contribution in [0.25, 0.3) is 0 Å². The molecule has 0 bridgehead atoms. The second-order valence-electron chi connectivity index (χ2n) is 3.22. The molecular formula is C11H16ClNO. The fourth-order valence-corrected chi connectivity index (χ4v) is 1.15. The number of anilines is 1. The van der Waals surface area contributed by atoms with Gasteiger partial charge in [0.05, 0.1) is 0 Å². The standard InChI is InChI=1S/C11H15NO.ClH/c1-4-11(13)9-5-7-10(8-6-9)12(2)3;/h5-8H,4H2,1-3H3;1H. The third-order valence-corrected chi connectivity index (χ3v) is 2.03. The van der Waals surface area contributed by atoms with Gasteiger partial charge in [-0.25, -0.2) is 0 Å². The first-order valence-electron chi connectivity index (χ1n) is 4.45. The Labute approximate surface area is 91.3 Å². The van der Waals surface area contributed by atoms with Crippen LogP contribution in [0.5, 0.6) is 0 Å². The van der Waals surface area contributed by atoms with Gasteiger partial charge in [0.25, 0.3) is 0 Å². The molecule has 0 unspecified atom stereocenters. The van der Waals surface area contributed by atoms with Crippen molar-refractivity contribution in [3.63, 3.8) is 0 Å². The molecule has 78 valence electrons. The Hall–Kier alpha value is -1.02. The molecule has 2 nitrogen and oxygen atoms in total. The molecule has 0 N–H and O–H groups in total. The third kappa shape index (κ3) is 3.04. The predicted octanol–water partition coefficient (Wildman–Crippen LogP) is 2.77. The van der Waals surface area contributed by atoms with Crippen molar-refractivity contribution in [2.24, 2.45) is 0 Å². The number of hydrogen-bond donors (Lipinski definition) is 0. The molecule has 0 aliphatic carbocycles. The van der Waals surface area contributed by atoms with E-state index in [1.807, 2.05) is 50.2 Å². The molecule has 0 aliphatic heterocycles. The van der Waals surface area contributed by atoms with E-state index in [1.165, 1.54) is 0 Å². The Bertz CT molecular complexity index is 293. The molecule has 0 atom stereocenters. The molecule has 0 spiro atoms. The van der Waals surface area contributed by atoms with Crippen molar-refractivity contribution < 1.29 is 4.79 Å². The first kappa shape index (κ1) is 13.0. The highest BCUT2D eigenvalue weighted by atomic mass is 35.5. The van der Waals surface area contributed by atoms with E-state index in [-0.39, 0.29) is 18.2 Å². The summed E-state index contributed by atoms with van der Waals surface area (Å²) in [5.74, 6) is 0.199. The molecule has 3 heteroatoms. The van der Waals surface area contributed by atoms with Crippen molar-refractivity contribution in [3.05, 3.63) is 29.8 Å². The summed E-state index contributed by atoms with van der Waals surface area (Å²) >= 11 is 0. The van der Waals surface area contributed by atoms with Crippen LogP contribution in [0.3, 0.4) is 0 Å². The van der Waals surface area contributed by atoms with E-state index in [0.29, 0.717) is 6.42 Å². The minimum atomic E-state index is 0. The van der Waals surface area contributed by atoms with E-state index >= 15 is 0 Å². The minimum absolute atomic E-state index is 0. The molecule has 0 heterocycles. The van der Waals surface area contributed by atoms with Crippen LogP contribution in [-0.2, 0) is 0 Å². The number of nitrogens with zero attached hydrogens (tertiary/aromatic N) is 1. The summed E-state index contributed by atoms with van der Waals surface area (Å²) in [6, 6.07) is 7.67. The lowest BCUT2D eigenvalue weighted by molar-refractivity contribution is 0.0988. The number of hydrogen-bond acceptors (Lipinski definition) is 2. The average molecular weight is 214 g/mol. The highest BCUT2D eigenvalue weighted by Crippen LogP contribution is 2.13. The van der Waals surface area contributed by atoms with Crippen LogP contribution in [0.1, 0.15) is 23.7 Å². The maximum Gasteiger partial charge on any atom is 0.162 e. The lowest BCUT2D eigenvalue weighted by Crippen LogP contribution is -2.08. The van der Waals surface area contributed by atoms with Crippen molar-refractivity contribution in [3.8, 4) is 0 Å². The molecule has 1 aromatic carbocycles. The summed E-state index contributed by atoms with van der Waals surface area (Å²) in [7, 11) is 3.97. The maximum atomic E-state index is 11.3. The summed E-state index contributed by atoms with van der Waals surface area (Å²) in [5, 5.41) is 0. The Morgan fingerprint density at radius 2 is 1.71 bits per heavy atom. The van der Waals surface area contributed by atoms with Gasteiger partial charge >= 0.3 is 0 Å². The molecule has 0 aliphatic rings. The molecule has 0 aromatic heterocycles. The molecule has 14 heavy (non-hydrogen) atoms. The Morgan fingerprint density at radius 3 is 2.07 bits per heavy atom. The summed E-state index contributed by atoms with van der Waals surface area (Å²) in [6.07, 6.45) is 0.571. The SMILES string of the molecule is CCC(=O)c1ccc(N(C)C)cc1.Cl. The molecule has 0 radical (unpaired) electrons. The van der Waals surface area contributed by atoms with E-state index in [9.17, 15) is 4.79 Å². The Balaban J connectivity index is 0.00000169. The molecule has 0 saturated heterocycles. The average Bonchev–Trinajstić information content (AvgIpc) is 2.17. The zero-order valence-corrected chi connectivity index (χ0v) is 9.60. The highest BCUT2D eigenvalue weighted by molar-refractivity contribution is 5.96. The van der Waals surface area contributed by atoms with Crippen molar-refractivity contribution in [1.29, 1.82) is 0 Å². The van der Waals surface area contributed by atoms with Gasteiger partial charge in [0.15, 0.2) is 5.78 Å². The Kier molecular flexibility index (Phi) is 5.24. The number of ketones is 1. The number of rotatable bonds is 3. The van der Waals surface area contributed by atoms with Gasteiger partial charge in [-0.05, 0) is 24.3 Å². The van der Waals surface area contributed by atoms with E-state index < -0.39 is 0 Å². The first-order chi connectivity index (χ1) is 6.15. The largest absolute Gasteiger partial charge is 0.378 e. The third-order valence-electron chi connectivity index (χ3n) is 2.03. The fourth-order valence-electron chi connectivity index (χ4n) is 1.15. The summed E-state index contributed by atoms with van der Waals surface area (Å²) in [6.45, 7) is 1.88. The molecule has 0 amide bonds. The molecule has 0 saturated carbocycles. The van der Waals surface area contributed by atoms with E-state index in [0.717, 1.165) is 11.3 Å². The molecular weight excluding hydrogens is 198 g/mol. The number of carbonyl (C=O) groups is 1. The van der Waals surface area contributed by atoms with E-state index in [1.54, 1.807) is 0 Å². The van der Waals surface area contributed by atoms with Gasteiger partial charge < -0.3 is 4.90 Å². The molecule has 1 aromatic rings. The monoisotopic (exact) mass is 213 g/mol. The zero-order chi connectivity index (χ0) is 9.84. The van der Waals surface area contributed by atoms with Crippen molar-refractivity contribution in [2.45, 2.75) is 13.3 Å². The van der Waals surface area contributed by atoms with Crippen molar-refractivity contribution in [2.75, 3.05) is 19.0 Å². The second-order valence-corrected chi connectivity index (χ2v) is 3.22. The van der Waals surface area contributed by atoms with Crippen molar-refractivity contribution >= 4 is 23.9 Å². The van der Waals surface area contributed by atoms with Gasteiger partial charge in [0, 0.05) is 31.8 Å². The van der Waals surface area contributed by atoms with Crippen LogP contribution in [-0.4, -0.2) is 19.9 Å². The molecule has 0 fully saturated rings. The van der Waals surface area contributed by atoms with Gasteiger partial charge in [-0.1, -0.05) is 6.92 Å².